The molecule has 2 aromatic rings. The third-order valence-electron chi connectivity index (χ3n) is 3.22. The number of benzene rings is 1. The Morgan fingerprint density at radius 3 is 2.94 bits per heavy atom. The number of rotatable bonds is 3. The van der Waals surface area contributed by atoms with Gasteiger partial charge in [-0.1, -0.05) is 18.2 Å². The molecular formula is C16H16OS. The van der Waals surface area contributed by atoms with E-state index in [0.29, 0.717) is 0 Å². The first-order valence-corrected chi connectivity index (χ1v) is 7.09. The second-order valence-electron chi connectivity index (χ2n) is 4.55. The summed E-state index contributed by atoms with van der Waals surface area (Å²) in [4.78, 5) is 1.43. The van der Waals surface area contributed by atoms with Crippen molar-refractivity contribution in [3.05, 3.63) is 52.9 Å². The molecule has 0 N–H and O–H groups in total. The first kappa shape index (κ1) is 11.5. The summed E-state index contributed by atoms with van der Waals surface area (Å²) in [7, 11) is 1.71. The van der Waals surface area contributed by atoms with E-state index in [1.165, 1.54) is 33.4 Å². The second kappa shape index (κ2) is 4.99. The largest absolute Gasteiger partial charge is 0.497 e. The lowest BCUT2D eigenvalue weighted by molar-refractivity contribution is 0.415. The van der Waals surface area contributed by atoms with E-state index in [1.807, 2.05) is 17.4 Å². The fourth-order valence-electron chi connectivity index (χ4n) is 2.29. The van der Waals surface area contributed by atoms with Gasteiger partial charge in [0, 0.05) is 16.0 Å². The molecule has 0 bridgehead atoms. The quantitative estimate of drug-likeness (QED) is 0.771. The predicted octanol–water partition coefficient (Wildman–Crippen LogP) is 4.73. The van der Waals surface area contributed by atoms with Crippen LogP contribution in [0.15, 0.2) is 48.1 Å². The van der Waals surface area contributed by atoms with Crippen LogP contribution in [0, 0.1) is 0 Å². The van der Waals surface area contributed by atoms with E-state index >= 15 is 0 Å². The van der Waals surface area contributed by atoms with Gasteiger partial charge >= 0.3 is 0 Å². The predicted molar refractivity (Wildman–Crippen MR) is 78.5 cm³/mol. The molecule has 0 radical (unpaired) electrons. The zero-order chi connectivity index (χ0) is 12.4. The number of thiophene rings is 1. The average Bonchev–Trinajstić information content (AvgIpc) is 2.80. The molecule has 1 aliphatic carbocycles. The van der Waals surface area contributed by atoms with Crippen molar-refractivity contribution >= 4 is 21.4 Å². The molecule has 2 heteroatoms. The van der Waals surface area contributed by atoms with Crippen LogP contribution in [-0.4, -0.2) is 7.11 Å². The highest BCUT2D eigenvalue weighted by atomic mass is 32.1. The van der Waals surface area contributed by atoms with Gasteiger partial charge in [-0.25, -0.2) is 0 Å². The molecule has 0 unspecified atom stereocenters. The molecule has 18 heavy (non-hydrogen) atoms. The minimum Gasteiger partial charge on any atom is -0.497 e. The molecule has 0 aliphatic heterocycles. The van der Waals surface area contributed by atoms with Crippen LogP contribution in [0.1, 0.15) is 17.7 Å². The van der Waals surface area contributed by atoms with Gasteiger partial charge in [-0.2, -0.15) is 0 Å². The summed E-state index contributed by atoms with van der Waals surface area (Å²) in [6.07, 6.45) is 10.3. The third kappa shape index (κ3) is 2.34. The number of fused-ring (bicyclic) bond motifs is 1. The summed E-state index contributed by atoms with van der Waals surface area (Å²) < 4.78 is 6.60. The number of ether oxygens (including phenoxy) is 1. The van der Waals surface area contributed by atoms with Crippen LogP contribution in [0.5, 0.6) is 5.75 Å². The molecule has 1 aliphatic rings. The van der Waals surface area contributed by atoms with Crippen LogP contribution in [-0.2, 0) is 6.42 Å². The molecule has 0 saturated heterocycles. The van der Waals surface area contributed by atoms with Gasteiger partial charge < -0.3 is 4.74 Å². The second-order valence-corrected chi connectivity index (χ2v) is 5.72. The fourth-order valence-corrected chi connectivity index (χ4v) is 3.37. The lowest BCUT2D eigenvalue weighted by Gasteiger charge is -2.04. The molecule has 0 fully saturated rings. The van der Waals surface area contributed by atoms with Gasteiger partial charge in [0.25, 0.3) is 0 Å². The van der Waals surface area contributed by atoms with Gasteiger partial charge in [-0.3, -0.25) is 0 Å². The van der Waals surface area contributed by atoms with Crippen molar-refractivity contribution in [2.45, 2.75) is 19.3 Å². The average molecular weight is 256 g/mol. The van der Waals surface area contributed by atoms with Gasteiger partial charge in [0.15, 0.2) is 0 Å². The Balaban J connectivity index is 1.88. The maximum atomic E-state index is 5.26. The highest BCUT2D eigenvalue weighted by Crippen LogP contribution is 2.30. The molecule has 0 saturated carbocycles. The van der Waals surface area contributed by atoms with E-state index < -0.39 is 0 Å². The Labute approximate surface area is 111 Å². The first-order valence-electron chi connectivity index (χ1n) is 6.27. The van der Waals surface area contributed by atoms with Crippen molar-refractivity contribution in [1.29, 1.82) is 0 Å². The van der Waals surface area contributed by atoms with Crippen molar-refractivity contribution < 1.29 is 4.74 Å². The van der Waals surface area contributed by atoms with Crippen molar-refractivity contribution in [3.8, 4) is 5.75 Å². The maximum absolute atomic E-state index is 5.26. The van der Waals surface area contributed by atoms with Gasteiger partial charge in [-0.15, -0.1) is 11.3 Å². The zero-order valence-electron chi connectivity index (χ0n) is 10.5. The molecule has 1 nitrogen and oxygen atoms in total. The third-order valence-corrected chi connectivity index (χ3v) is 4.34. The molecule has 0 amide bonds. The van der Waals surface area contributed by atoms with Crippen LogP contribution in [0.4, 0.5) is 0 Å². The molecule has 1 heterocycles. The topological polar surface area (TPSA) is 9.23 Å². The molecule has 0 spiro atoms. The van der Waals surface area contributed by atoms with Gasteiger partial charge in [0.2, 0.25) is 0 Å². The Kier molecular flexibility index (Phi) is 3.20. The normalized spacial score (nSPS) is 14.8. The fraction of sp³-hybridized carbons (Fsp3) is 0.250. The first-order chi connectivity index (χ1) is 8.85. The number of hydrogen-bond donors (Lipinski definition) is 0. The Hall–Kier alpha value is -1.54. The lowest BCUT2D eigenvalue weighted by atomic mass is 10.0. The monoisotopic (exact) mass is 256 g/mol. The summed E-state index contributed by atoms with van der Waals surface area (Å²) in [5, 5.41) is 1.29. The minimum absolute atomic E-state index is 0.934. The van der Waals surface area contributed by atoms with Crippen molar-refractivity contribution in [1.82, 2.24) is 0 Å². The van der Waals surface area contributed by atoms with E-state index in [0.717, 1.165) is 12.2 Å². The van der Waals surface area contributed by atoms with Crippen LogP contribution in [0.25, 0.3) is 10.1 Å². The molecule has 3 rings (SSSR count). The van der Waals surface area contributed by atoms with E-state index in [-0.39, 0.29) is 0 Å². The summed E-state index contributed by atoms with van der Waals surface area (Å²) in [6.45, 7) is 0. The van der Waals surface area contributed by atoms with E-state index in [9.17, 15) is 0 Å². The summed E-state index contributed by atoms with van der Waals surface area (Å²) in [5.41, 5.74) is 1.44. The van der Waals surface area contributed by atoms with Crippen molar-refractivity contribution in [3.63, 3.8) is 0 Å². The van der Waals surface area contributed by atoms with Gasteiger partial charge in [-0.05, 0) is 48.1 Å². The smallest absolute Gasteiger partial charge is 0.119 e. The number of methoxy groups -OCH3 is 1. The van der Waals surface area contributed by atoms with Crippen LogP contribution >= 0.6 is 11.3 Å². The SMILES string of the molecule is COc1ccc2sc(CC3=CCCC=C3)cc2c1. The molecule has 1 aromatic heterocycles. The molecular weight excluding hydrogens is 240 g/mol. The van der Waals surface area contributed by atoms with Crippen molar-refractivity contribution in [2.75, 3.05) is 7.11 Å². The Bertz CT molecular complexity index is 619. The van der Waals surface area contributed by atoms with E-state index in [2.05, 4.69) is 36.4 Å². The minimum atomic E-state index is 0.934. The number of hydrogen-bond acceptors (Lipinski definition) is 2. The van der Waals surface area contributed by atoms with Gasteiger partial charge in [0.1, 0.15) is 5.75 Å². The number of allylic oxidation sites excluding steroid dienone is 4. The van der Waals surface area contributed by atoms with Crippen LogP contribution in [0.3, 0.4) is 0 Å². The molecule has 0 atom stereocenters. The highest BCUT2D eigenvalue weighted by molar-refractivity contribution is 7.19. The summed E-state index contributed by atoms with van der Waals surface area (Å²) in [6, 6.07) is 8.57. The zero-order valence-corrected chi connectivity index (χ0v) is 11.3. The lowest BCUT2D eigenvalue weighted by Crippen LogP contribution is -1.88. The van der Waals surface area contributed by atoms with Crippen LogP contribution in [0.2, 0.25) is 0 Å². The molecule has 92 valence electrons. The standard InChI is InChI=1S/C16H16OS/c1-17-14-7-8-16-13(10-14)11-15(18-16)9-12-5-3-2-4-6-12/h3,5-8,10-11H,2,4,9H2,1H3. The Morgan fingerprint density at radius 2 is 2.17 bits per heavy atom. The summed E-state index contributed by atoms with van der Waals surface area (Å²) >= 11 is 1.88. The molecule has 1 aromatic carbocycles. The van der Waals surface area contributed by atoms with Gasteiger partial charge in [0.05, 0.1) is 7.11 Å². The van der Waals surface area contributed by atoms with Crippen LogP contribution < -0.4 is 4.74 Å². The van der Waals surface area contributed by atoms with E-state index in [4.69, 9.17) is 4.74 Å². The summed E-state index contributed by atoms with van der Waals surface area (Å²) in [5.74, 6) is 0.934. The van der Waals surface area contributed by atoms with Crippen molar-refractivity contribution in [2.24, 2.45) is 0 Å². The highest BCUT2D eigenvalue weighted by Gasteiger charge is 2.05. The Morgan fingerprint density at radius 1 is 1.22 bits per heavy atom. The maximum Gasteiger partial charge on any atom is 0.119 e. The van der Waals surface area contributed by atoms with E-state index in [1.54, 1.807) is 7.11 Å².